The summed E-state index contributed by atoms with van der Waals surface area (Å²) >= 11 is 0. The van der Waals surface area contributed by atoms with Gasteiger partial charge in [-0.05, 0) is 36.5 Å². The number of benzene rings is 1. The summed E-state index contributed by atoms with van der Waals surface area (Å²) in [7, 11) is 3.11. The monoisotopic (exact) mass is 334 g/mol. The number of hydrogen-bond acceptors (Lipinski definition) is 4. The summed E-state index contributed by atoms with van der Waals surface area (Å²) in [6.45, 7) is 0. The Hall–Kier alpha value is -2.24. The minimum absolute atomic E-state index is 0.123. The minimum atomic E-state index is -0.265. The molecule has 0 spiro atoms. The van der Waals surface area contributed by atoms with E-state index >= 15 is 0 Å². The van der Waals surface area contributed by atoms with Crippen LogP contribution in [0.25, 0.3) is 0 Å². The van der Waals surface area contributed by atoms with Crippen molar-refractivity contribution in [1.29, 1.82) is 0 Å². The van der Waals surface area contributed by atoms with Crippen LogP contribution in [0.2, 0.25) is 0 Å². The Morgan fingerprint density at radius 3 is 2.33 bits per heavy atom. The number of rotatable bonds is 6. The zero-order valence-electron chi connectivity index (χ0n) is 14.4. The van der Waals surface area contributed by atoms with Crippen LogP contribution in [-0.4, -0.2) is 26.0 Å². The first-order valence-electron chi connectivity index (χ1n) is 8.41. The van der Waals surface area contributed by atoms with Crippen molar-refractivity contribution in [3.63, 3.8) is 0 Å². The summed E-state index contributed by atoms with van der Waals surface area (Å²) < 4.78 is 10.4. The second-order valence-electron chi connectivity index (χ2n) is 6.17. The molecule has 0 saturated heterocycles. The van der Waals surface area contributed by atoms with Crippen LogP contribution in [0.3, 0.4) is 0 Å². The molecule has 0 radical (unpaired) electrons. The Kier molecular flexibility index (Phi) is 6.90. The molecule has 6 nitrogen and oxygen atoms in total. The summed E-state index contributed by atoms with van der Waals surface area (Å²) in [6, 6.07) is 5.30. The van der Waals surface area contributed by atoms with E-state index in [-0.39, 0.29) is 18.2 Å². The zero-order valence-corrected chi connectivity index (χ0v) is 14.4. The van der Waals surface area contributed by atoms with Crippen molar-refractivity contribution in [3.8, 4) is 11.5 Å². The molecule has 0 bridgehead atoms. The van der Waals surface area contributed by atoms with Gasteiger partial charge in [-0.1, -0.05) is 25.3 Å². The number of carbonyl (C=O) groups is 2. The first-order valence-corrected chi connectivity index (χ1v) is 8.41. The highest BCUT2D eigenvalue weighted by atomic mass is 16.5. The van der Waals surface area contributed by atoms with E-state index in [0.717, 1.165) is 18.4 Å². The zero-order chi connectivity index (χ0) is 17.4. The van der Waals surface area contributed by atoms with Gasteiger partial charge in [0.1, 0.15) is 0 Å². The van der Waals surface area contributed by atoms with Crippen molar-refractivity contribution in [2.24, 2.45) is 5.92 Å². The van der Waals surface area contributed by atoms with E-state index in [4.69, 9.17) is 9.47 Å². The molecule has 1 fully saturated rings. The van der Waals surface area contributed by atoms with Gasteiger partial charge in [0.05, 0.1) is 20.6 Å². The lowest BCUT2D eigenvalue weighted by Gasteiger charge is -2.20. The van der Waals surface area contributed by atoms with Gasteiger partial charge < -0.3 is 9.47 Å². The normalized spacial score (nSPS) is 14.8. The van der Waals surface area contributed by atoms with E-state index in [1.807, 2.05) is 0 Å². The maximum absolute atomic E-state index is 12.0. The number of ether oxygens (including phenoxy) is 2. The largest absolute Gasteiger partial charge is 0.493 e. The smallest absolute Gasteiger partial charge is 0.242 e. The highest BCUT2D eigenvalue weighted by molar-refractivity contribution is 5.83. The molecule has 0 aromatic heterocycles. The molecule has 2 amide bonds. The summed E-state index contributed by atoms with van der Waals surface area (Å²) in [6.07, 6.45) is 6.51. The molecule has 0 heterocycles. The van der Waals surface area contributed by atoms with Gasteiger partial charge in [0.15, 0.2) is 11.5 Å². The van der Waals surface area contributed by atoms with Crippen LogP contribution < -0.4 is 20.3 Å². The molecule has 1 saturated carbocycles. The highest BCUT2D eigenvalue weighted by Crippen LogP contribution is 2.28. The highest BCUT2D eigenvalue weighted by Gasteiger charge is 2.17. The number of carbonyl (C=O) groups excluding carboxylic acids is 2. The van der Waals surface area contributed by atoms with E-state index in [9.17, 15) is 9.59 Å². The quantitative estimate of drug-likeness (QED) is 0.783. The van der Waals surface area contributed by atoms with Crippen LogP contribution in [-0.2, 0) is 16.0 Å². The number of amides is 2. The molecule has 0 atom stereocenters. The third kappa shape index (κ3) is 5.44. The number of hydrogen-bond donors (Lipinski definition) is 2. The molecule has 1 aromatic rings. The first kappa shape index (κ1) is 18.1. The SMILES string of the molecule is COc1ccc(CC(=O)NNC(=O)CC2CCCCC2)cc1OC. The van der Waals surface area contributed by atoms with Crippen LogP contribution in [0.4, 0.5) is 0 Å². The van der Waals surface area contributed by atoms with Gasteiger partial charge >= 0.3 is 0 Å². The van der Waals surface area contributed by atoms with Gasteiger partial charge in [0.25, 0.3) is 0 Å². The third-order valence-corrected chi connectivity index (χ3v) is 4.35. The molecule has 24 heavy (non-hydrogen) atoms. The van der Waals surface area contributed by atoms with Crippen molar-refractivity contribution in [3.05, 3.63) is 23.8 Å². The number of nitrogens with one attached hydrogen (secondary N) is 2. The fourth-order valence-electron chi connectivity index (χ4n) is 3.06. The third-order valence-electron chi connectivity index (χ3n) is 4.35. The average molecular weight is 334 g/mol. The summed E-state index contributed by atoms with van der Waals surface area (Å²) in [5, 5.41) is 0. The van der Waals surface area contributed by atoms with E-state index < -0.39 is 0 Å². The molecule has 2 N–H and O–H groups in total. The van der Waals surface area contributed by atoms with Crippen molar-refractivity contribution in [2.75, 3.05) is 14.2 Å². The molecule has 6 heteroatoms. The Morgan fingerprint density at radius 1 is 1.00 bits per heavy atom. The van der Waals surface area contributed by atoms with Crippen LogP contribution in [0.1, 0.15) is 44.1 Å². The first-order chi connectivity index (χ1) is 11.6. The van der Waals surface area contributed by atoms with E-state index in [1.54, 1.807) is 32.4 Å². The van der Waals surface area contributed by atoms with Gasteiger partial charge in [-0.2, -0.15) is 0 Å². The van der Waals surface area contributed by atoms with Crippen LogP contribution in [0.5, 0.6) is 11.5 Å². The lowest BCUT2D eigenvalue weighted by atomic mass is 9.87. The van der Waals surface area contributed by atoms with E-state index in [2.05, 4.69) is 10.9 Å². The number of methoxy groups -OCH3 is 2. The summed E-state index contributed by atoms with van der Waals surface area (Å²) in [5.41, 5.74) is 5.77. The fourth-order valence-corrected chi connectivity index (χ4v) is 3.06. The average Bonchev–Trinajstić information content (AvgIpc) is 2.60. The number of hydrazine groups is 1. The van der Waals surface area contributed by atoms with Crippen LogP contribution in [0.15, 0.2) is 18.2 Å². The predicted octanol–water partition coefficient (Wildman–Crippen LogP) is 2.36. The van der Waals surface area contributed by atoms with Gasteiger partial charge in [0.2, 0.25) is 11.8 Å². The molecule has 1 aromatic carbocycles. The maximum atomic E-state index is 12.0. The standard InChI is InChI=1S/C18H26N2O4/c1-23-15-9-8-14(10-16(15)24-2)12-18(22)20-19-17(21)11-13-6-4-3-5-7-13/h8-10,13H,3-7,11-12H2,1-2H3,(H,19,21)(H,20,22). The summed E-state index contributed by atoms with van der Waals surface area (Å²) in [5.74, 6) is 1.25. The Labute approximate surface area is 142 Å². The second-order valence-corrected chi connectivity index (χ2v) is 6.17. The molecular formula is C18H26N2O4. The van der Waals surface area contributed by atoms with Crippen molar-refractivity contribution < 1.29 is 19.1 Å². The minimum Gasteiger partial charge on any atom is -0.493 e. The van der Waals surface area contributed by atoms with Crippen molar-refractivity contribution in [2.45, 2.75) is 44.9 Å². The van der Waals surface area contributed by atoms with E-state index in [0.29, 0.717) is 23.8 Å². The summed E-state index contributed by atoms with van der Waals surface area (Å²) in [4.78, 5) is 23.9. The Morgan fingerprint density at radius 2 is 1.67 bits per heavy atom. The van der Waals surface area contributed by atoms with Crippen molar-refractivity contribution in [1.82, 2.24) is 10.9 Å². The van der Waals surface area contributed by atoms with Gasteiger partial charge in [0, 0.05) is 6.42 Å². The topological polar surface area (TPSA) is 76.7 Å². The lowest BCUT2D eigenvalue weighted by Crippen LogP contribution is -2.43. The van der Waals surface area contributed by atoms with Gasteiger partial charge in [-0.15, -0.1) is 0 Å². The Bertz CT molecular complexity index is 568. The fraction of sp³-hybridized carbons (Fsp3) is 0.556. The molecule has 0 unspecified atom stereocenters. The van der Waals surface area contributed by atoms with Crippen molar-refractivity contribution >= 4 is 11.8 Å². The molecule has 1 aliphatic carbocycles. The lowest BCUT2D eigenvalue weighted by molar-refractivity contribution is -0.129. The molecule has 1 aliphatic rings. The molecular weight excluding hydrogens is 308 g/mol. The van der Waals surface area contributed by atoms with Gasteiger partial charge in [-0.3, -0.25) is 20.4 Å². The van der Waals surface area contributed by atoms with Crippen LogP contribution in [0, 0.1) is 5.92 Å². The molecule has 2 rings (SSSR count). The maximum Gasteiger partial charge on any atom is 0.242 e. The molecule has 0 aliphatic heterocycles. The second kappa shape index (κ2) is 9.15. The van der Waals surface area contributed by atoms with Crippen LogP contribution >= 0.6 is 0 Å². The Balaban J connectivity index is 1.77. The van der Waals surface area contributed by atoms with E-state index in [1.165, 1.54) is 19.3 Å². The van der Waals surface area contributed by atoms with Gasteiger partial charge in [-0.25, -0.2) is 0 Å². The predicted molar refractivity (Wildman–Crippen MR) is 90.7 cm³/mol. The molecule has 132 valence electrons.